The Kier molecular flexibility index (Phi) is 4.75. The van der Waals surface area contributed by atoms with Crippen LogP contribution in [0.25, 0.3) is 0 Å². The molecule has 0 saturated heterocycles. The van der Waals surface area contributed by atoms with Gasteiger partial charge in [0.2, 0.25) is 5.91 Å². The van der Waals surface area contributed by atoms with Crippen LogP contribution in [0.1, 0.15) is 32.8 Å². The molecule has 1 N–H and O–H groups in total. The van der Waals surface area contributed by atoms with Crippen LogP contribution in [0.4, 0.5) is 5.82 Å². The third-order valence-corrected chi connectivity index (χ3v) is 3.61. The summed E-state index contributed by atoms with van der Waals surface area (Å²) in [6, 6.07) is 1.79. The number of rotatable bonds is 4. The van der Waals surface area contributed by atoms with Gasteiger partial charge in [-0.15, -0.1) is 0 Å². The summed E-state index contributed by atoms with van der Waals surface area (Å²) in [5.41, 5.74) is 0.530. The molecule has 0 aliphatic rings. The van der Waals surface area contributed by atoms with Crippen LogP contribution in [0.5, 0.6) is 0 Å². The van der Waals surface area contributed by atoms with Crippen molar-refractivity contribution in [2.24, 2.45) is 5.41 Å². The highest BCUT2D eigenvalue weighted by molar-refractivity contribution is 9.10. The average Bonchev–Trinajstić information content (AvgIpc) is 2.31. The van der Waals surface area contributed by atoms with Crippen molar-refractivity contribution >= 4 is 35.5 Å². The molecule has 90 valence electrons. The Balaban J connectivity index is 2.86. The quantitative estimate of drug-likeness (QED) is 0.868. The standard InChI is InChI=1S/C12H16BBrN2O/c1-4-12(2,3)11(17)16-10-5-8(6-13)9(14)7-15-10/h5,7H,4,6H2,1-3H3,(H,15,16,17). The number of carbonyl (C=O) groups is 1. The molecule has 5 heteroatoms. The van der Waals surface area contributed by atoms with Crippen molar-refractivity contribution in [2.45, 2.75) is 33.5 Å². The second-order valence-electron chi connectivity index (χ2n) is 4.56. The van der Waals surface area contributed by atoms with Crippen LogP contribution in [0.2, 0.25) is 0 Å². The second kappa shape index (κ2) is 5.67. The lowest BCUT2D eigenvalue weighted by atomic mass is 9.89. The summed E-state index contributed by atoms with van der Waals surface area (Å²) in [6.07, 6.45) is 2.83. The van der Waals surface area contributed by atoms with Crippen LogP contribution in [-0.2, 0) is 11.1 Å². The Bertz CT molecular complexity index is 421. The molecule has 3 nitrogen and oxygen atoms in total. The van der Waals surface area contributed by atoms with Gasteiger partial charge < -0.3 is 5.32 Å². The number of nitrogens with one attached hydrogen (secondary N) is 1. The number of anilines is 1. The Morgan fingerprint density at radius 1 is 1.59 bits per heavy atom. The van der Waals surface area contributed by atoms with Crippen molar-refractivity contribution in [3.05, 3.63) is 22.3 Å². The van der Waals surface area contributed by atoms with E-state index >= 15 is 0 Å². The van der Waals surface area contributed by atoms with E-state index in [2.05, 4.69) is 26.2 Å². The molecule has 0 atom stereocenters. The fourth-order valence-corrected chi connectivity index (χ4v) is 1.53. The first-order valence-corrected chi connectivity index (χ1v) is 6.36. The van der Waals surface area contributed by atoms with Crippen LogP contribution in [0, 0.1) is 5.41 Å². The summed E-state index contributed by atoms with van der Waals surface area (Å²) in [5, 5.41) is 2.81. The van der Waals surface area contributed by atoms with Gasteiger partial charge in [0.25, 0.3) is 0 Å². The normalized spacial score (nSPS) is 11.3. The lowest BCUT2D eigenvalue weighted by Crippen LogP contribution is -2.30. The fourth-order valence-electron chi connectivity index (χ4n) is 1.15. The third-order valence-electron chi connectivity index (χ3n) is 2.89. The van der Waals surface area contributed by atoms with Gasteiger partial charge in [0.05, 0.1) is 7.85 Å². The number of nitrogens with zero attached hydrogens (tertiary/aromatic N) is 1. The second-order valence-corrected chi connectivity index (χ2v) is 5.41. The summed E-state index contributed by atoms with van der Waals surface area (Å²) >= 11 is 3.35. The molecule has 2 radical (unpaired) electrons. The molecule has 1 rings (SSSR count). The van der Waals surface area contributed by atoms with Gasteiger partial charge in [-0.3, -0.25) is 4.79 Å². The molecular formula is C12H16BBrN2O. The highest BCUT2D eigenvalue weighted by Gasteiger charge is 2.25. The van der Waals surface area contributed by atoms with Crippen molar-refractivity contribution in [2.75, 3.05) is 5.32 Å². The third kappa shape index (κ3) is 3.56. The van der Waals surface area contributed by atoms with Crippen LogP contribution in [-0.4, -0.2) is 18.7 Å². The van der Waals surface area contributed by atoms with E-state index in [0.717, 1.165) is 16.5 Å². The zero-order valence-electron chi connectivity index (χ0n) is 10.4. The van der Waals surface area contributed by atoms with Crippen molar-refractivity contribution in [1.29, 1.82) is 0 Å². The van der Waals surface area contributed by atoms with Gasteiger partial charge in [0.15, 0.2) is 0 Å². The zero-order chi connectivity index (χ0) is 13.1. The van der Waals surface area contributed by atoms with E-state index in [1.165, 1.54) is 0 Å². The number of aromatic nitrogens is 1. The zero-order valence-corrected chi connectivity index (χ0v) is 12.0. The first-order valence-electron chi connectivity index (χ1n) is 5.56. The molecule has 0 aliphatic carbocycles. The molecule has 0 saturated carbocycles. The van der Waals surface area contributed by atoms with Gasteiger partial charge in [0, 0.05) is 16.1 Å². The molecule has 17 heavy (non-hydrogen) atoms. The predicted octanol–water partition coefficient (Wildman–Crippen LogP) is 2.89. The molecule has 0 aliphatic heterocycles. The van der Waals surface area contributed by atoms with Gasteiger partial charge in [-0.1, -0.05) is 27.1 Å². The molecule has 0 bridgehead atoms. The van der Waals surface area contributed by atoms with Crippen molar-refractivity contribution in [1.82, 2.24) is 4.98 Å². The van der Waals surface area contributed by atoms with E-state index in [-0.39, 0.29) is 5.91 Å². The number of hydrogen-bond donors (Lipinski definition) is 1. The molecule has 0 fully saturated rings. The minimum absolute atomic E-state index is 0.0298. The summed E-state index contributed by atoms with van der Waals surface area (Å²) in [4.78, 5) is 16.1. The van der Waals surface area contributed by atoms with E-state index < -0.39 is 5.41 Å². The van der Waals surface area contributed by atoms with Gasteiger partial charge >= 0.3 is 0 Å². The monoisotopic (exact) mass is 294 g/mol. The van der Waals surface area contributed by atoms with E-state index in [0.29, 0.717) is 12.1 Å². The number of pyridine rings is 1. The Morgan fingerprint density at radius 2 is 2.24 bits per heavy atom. The Morgan fingerprint density at radius 3 is 2.76 bits per heavy atom. The maximum atomic E-state index is 12.0. The molecule has 1 heterocycles. The minimum atomic E-state index is -0.391. The fraction of sp³-hybridized carbons (Fsp3) is 0.500. The molecule has 0 unspecified atom stereocenters. The lowest BCUT2D eigenvalue weighted by Gasteiger charge is -2.21. The van der Waals surface area contributed by atoms with Gasteiger partial charge in [-0.05, 0) is 34.0 Å². The Hall–Kier alpha value is -0.835. The van der Waals surface area contributed by atoms with Crippen molar-refractivity contribution < 1.29 is 4.79 Å². The summed E-state index contributed by atoms with van der Waals surface area (Å²) < 4.78 is 0.854. The van der Waals surface area contributed by atoms with Crippen LogP contribution < -0.4 is 5.32 Å². The largest absolute Gasteiger partial charge is 0.310 e. The minimum Gasteiger partial charge on any atom is -0.310 e. The first-order chi connectivity index (χ1) is 7.90. The van der Waals surface area contributed by atoms with Crippen LogP contribution in [0.3, 0.4) is 0 Å². The summed E-state index contributed by atoms with van der Waals surface area (Å²) in [5.74, 6) is 0.512. The molecule has 1 aromatic rings. The van der Waals surface area contributed by atoms with E-state index in [1.54, 1.807) is 12.3 Å². The number of amides is 1. The van der Waals surface area contributed by atoms with Crippen LogP contribution in [0.15, 0.2) is 16.7 Å². The Labute approximate surface area is 112 Å². The molecule has 1 amide bonds. The average molecular weight is 295 g/mol. The topological polar surface area (TPSA) is 42.0 Å². The SMILES string of the molecule is [B]Cc1cc(NC(=O)C(C)(C)CC)ncc1Br. The predicted molar refractivity (Wildman–Crippen MR) is 74.1 cm³/mol. The number of hydrogen-bond acceptors (Lipinski definition) is 2. The smallest absolute Gasteiger partial charge is 0.231 e. The maximum absolute atomic E-state index is 12.0. The van der Waals surface area contributed by atoms with Crippen LogP contribution >= 0.6 is 15.9 Å². The van der Waals surface area contributed by atoms with Gasteiger partial charge in [0.1, 0.15) is 5.82 Å². The van der Waals surface area contributed by atoms with Crippen molar-refractivity contribution in [3.8, 4) is 0 Å². The van der Waals surface area contributed by atoms with Gasteiger partial charge in [-0.25, -0.2) is 4.98 Å². The van der Waals surface area contributed by atoms with Gasteiger partial charge in [-0.2, -0.15) is 0 Å². The van der Waals surface area contributed by atoms with E-state index in [4.69, 9.17) is 7.85 Å². The van der Waals surface area contributed by atoms with E-state index in [9.17, 15) is 4.79 Å². The molecule has 0 aromatic carbocycles. The molecule has 1 aromatic heterocycles. The molecular weight excluding hydrogens is 279 g/mol. The van der Waals surface area contributed by atoms with E-state index in [1.807, 2.05) is 20.8 Å². The summed E-state index contributed by atoms with van der Waals surface area (Å²) in [7, 11) is 5.59. The lowest BCUT2D eigenvalue weighted by molar-refractivity contribution is -0.124. The number of carbonyl (C=O) groups excluding carboxylic acids is 1. The van der Waals surface area contributed by atoms with Crippen molar-refractivity contribution in [3.63, 3.8) is 0 Å². The number of halogens is 1. The highest BCUT2D eigenvalue weighted by Crippen LogP contribution is 2.23. The summed E-state index contributed by atoms with van der Waals surface area (Å²) in [6.45, 7) is 5.80. The maximum Gasteiger partial charge on any atom is 0.231 e. The first kappa shape index (κ1) is 14.2. The highest BCUT2D eigenvalue weighted by atomic mass is 79.9. The molecule has 0 spiro atoms.